The van der Waals surface area contributed by atoms with Gasteiger partial charge in [0.2, 0.25) is 0 Å². The fourth-order valence-corrected chi connectivity index (χ4v) is 2.37. The van der Waals surface area contributed by atoms with Gasteiger partial charge in [-0.25, -0.2) is 0 Å². The van der Waals surface area contributed by atoms with Crippen LogP contribution in [0.4, 0.5) is 0 Å². The lowest BCUT2D eigenvalue weighted by Gasteiger charge is -2.14. The molecule has 1 amide bonds. The smallest absolute Gasteiger partial charge is 0.287 e. The molecule has 0 saturated heterocycles. The highest BCUT2D eigenvalue weighted by Gasteiger charge is 2.18. The second-order valence-electron chi connectivity index (χ2n) is 5.01. The molecule has 1 saturated carbocycles. The number of furan rings is 1. The van der Waals surface area contributed by atoms with Crippen molar-refractivity contribution in [2.45, 2.75) is 58.4 Å². The van der Waals surface area contributed by atoms with E-state index in [1.165, 1.54) is 25.7 Å². The number of hydrogen-bond donors (Lipinski definition) is 1. The molecule has 0 aliphatic heterocycles. The fraction of sp³-hybridized carbons (Fsp3) is 0.643. The Morgan fingerprint density at radius 2 is 1.88 bits per heavy atom. The van der Waals surface area contributed by atoms with Gasteiger partial charge in [0.1, 0.15) is 5.76 Å². The zero-order valence-corrected chi connectivity index (χ0v) is 10.7. The van der Waals surface area contributed by atoms with Crippen LogP contribution in [0.15, 0.2) is 10.5 Å². The van der Waals surface area contributed by atoms with E-state index >= 15 is 0 Å². The summed E-state index contributed by atoms with van der Waals surface area (Å²) in [5.41, 5.74) is 1.04. The minimum absolute atomic E-state index is 0.0619. The second-order valence-corrected chi connectivity index (χ2v) is 5.01. The number of aryl methyl sites for hydroxylation is 2. The molecule has 2 rings (SSSR count). The first kappa shape index (κ1) is 12.2. The summed E-state index contributed by atoms with van der Waals surface area (Å²) in [5, 5.41) is 3.08. The summed E-state index contributed by atoms with van der Waals surface area (Å²) in [5.74, 6) is 1.22. The maximum absolute atomic E-state index is 12.0. The van der Waals surface area contributed by atoms with Gasteiger partial charge in [-0.15, -0.1) is 0 Å². The summed E-state index contributed by atoms with van der Waals surface area (Å²) >= 11 is 0. The summed E-state index contributed by atoms with van der Waals surface area (Å²) in [7, 11) is 0. The largest absolute Gasteiger partial charge is 0.456 e. The summed E-state index contributed by atoms with van der Waals surface area (Å²) in [6, 6.07) is 2.15. The van der Waals surface area contributed by atoms with Crippen molar-refractivity contribution in [2.24, 2.45) is 0 Å². The van der Waals surface area contributed by atoms with Crippen molar-refractivity contribution in [2.75, 3.05) is 0 Å². The van der Waals surface area contributed by atoms with Gasteiger partial charge in [-0.05, 0) is 38.3 Å². The van der Waals surface area contributed by atoms with E-state index in [1.54, 1.807) is 0 Å². The summed E-state index contributed by atoms with van der Waals surface area (Å²) < 4.78 is 5.44. The van der Waals surface area contributed by atoms with Crippen molar-refractivity contribution in [1.82, 2.24) is 5.32 Å². The molecule has 1 aromatic heterocycles. The molecule has 17 heavy (non-hydrogen) atoms. The lowest BCUT2D eigenvalue weighted by atomic mass is 10.1. The van der Waals surface area contributed by atoms with Gasteiger partial charge in [0.05, 0.1) is 0 Å². The Morgan fingerprint density at radius 3 is 2.41 bits per heavy atom. The standard InChI is InChI=1S/C14H21NO2/c1-10-9-13(17-11(10)2)14(16)15-12-7-5-3-4-6-8-12/h9,12H,3-8H2,1-2H3,(H,15,16). The zero-order chi connectivity index (χ0) is 12.3. The highest BCUT2D eigenvalue weighted by atomic mass is 16.3. The molecule has 0 bridgehead atoms. The van der Waals surface area contributed by atoms with Crippen LogP contribution in [-0.4, -0.2) is 11.9 Å². The molecule has 1 aliphatic rings. The molecule has 3 heteroatoms. The van der Waals surface area contributed by atoms with Crippen molar-refractivity contribution >= 4 is 5.91 Å². The molecule has 0 spiro atoms. The zero-order valence-electron chi connectivity index (χ0n) is 10.7. The summed E-state index contributed by atoms with van der Waals surface area (Å²) in [6.07, 6.45) is 7.24. The molecule has 0 aromatic carbocycles. The van der Waals surface area contributed by atoms with Crippen LogP contribution >= 0.6 is 0 Å². The Bertz CT molecular complexity index is 367. The van der Waals surface area contributed by atoms with E-state index in [0.29, 0.717) is 11.8 Å². The first-order valence-corrected chi connectivity index (χ1v) is 6.54. The third-order valence-corrected chi connectivity index (χ3v) is 3.58. The van der Waals surface area contributed by atoms with Crippen LogP contribution in [-0.2, 0) is 0 Å². The van der Waals surface area contributed by atoms with E-state index in [1.807, 2.05) is 19.9 Å². The van der Waals surface area contributed by atoms with Crippen LogP contribution in [0.5, 0.6) is 0 Å². The third-order valence-electron chi connectivity index (χ3n) is 3.58. The molecule has 1 fully saturated rings. The van der Waals surface area contributed by atoms with E-state index in [0.717, 1.165) is 24.2 Å². The highest BCUT2D eigenvalue weighted by Crippen LogP contribution is 2.18. The van der Waals surface area contributed by atoms with Crippen molar-refractivity contribution in [1.29, 1.82) is 0 Å². The Balaban J connectivity index is 1.95. The first-order chi connectivity index (χ1) is 8.16. The van der Waals surface area contributed by atoms with E-state index in [-0.39, 0.29) is 5.91 Å². The van der Waals surface area contributed by atoms with E-state index < -0.39 is 0 Å². The van der Waals surface area contributed by atoms with Gasteiger partial charge in [-0.3, -0.25) is 4.79 Å². The van der Waals surface area contributed by atoms with E-state index in [9.17, 15) is 4.79 Å². The molecule has 0 unspecified atom stereocenters. The van der Waals surface area contributed by atoms with Crippen LogP contribution < -0.4 is 5.32 Å². The van der Waals surface area contributed by atoms with Gasteiger partial charge in [0, 0.05) is 6.04 Å². The molecular weight excluding hydrogens is 214 g/mol. The van der Waals surface area contributed by atoms with Gasteiger partial charge in [-0.2, -0.15) is 0 Å². The van der Waals surface area contributed by atoms with Crippen molar-refractivity contribution in [3.63, 3.8) is 0 Å². The average molecular weight is 235 g/mol. The van der Waals surface area contributed by atoms with Gasteiger partial charge < -0.3 is 9.73 Å². The van der Waals surface area contributed by atoms with Crippen LogP contribution in [0.1, 0.15) is 60.4 Å². The van der Waals surface area contributed by atoms with Gasteiger partial charge in [0.25, 0.3) is 5.91 Å². The molecule has 3 nitrogen and oxygen atoms in total. The second kappa shape index (κ2) is 5.39. The van der Waals surface area contributed by atoms with Crippen LogP contribution in [0.2, 0.25) is 0 Å². The highest BCUT2D eigenvalue weighted by molar-refractivity contribution is 5.91. The van der Waals surface area contributed by atoms with E-state index in [4.69, 9.17) is 4.42 Å². The molecule has 1 N–H and O–H groups in total. The Hall–Kier alpha value is -1.25. The Labute approximate surface area is 103 Å². The molecule has 1 aromatic rings. The van der Waals surface area contributed by atoms with Gasteiger partial charge in [0.15, 0.2) is 5.76 Å². The molecule has 0 atom stereocenters. The minimum Gasteiger partial charge on any atom is -0.456 e. The number of rotatable bonds is 2. The maximum Gasteiger partial charge on any atom is 0.287 e. The first-order valence-electron chi connectivity index (χ1n) is 6.54. The SMILES string of the molecule is Cc1cc(C(=O)NC2CCCCCC2)oc1C. The lowest BCUT2D eigenvalue weighted by molar-refractivity contribution is 0.0904. The third kappa shape index (κ3) is 3.11. The number of carbonyl (C=O) groups is 1. The molecule has 1 heterocycles. The quantitative estimate of drug-likeness (QED) is 0.799. The normalized spacial score (nSPS) is 17.8. The van der Waals surface area contributed by atoms with Crippen molar-refractivity contribution < 1.29 is 9.21 Å². The number of amides is 1. The monoisotopic (exact) mass is 235 g/mol. The topological polar surface area (TPSA) is 42.2 Å². The van der Waals surface area contributed by atoms with Crippen LogP contribution in [0, 0.1) is 13.8 Å². The van der Waals surface area contributed by atoms with Crippen LogP contribution in [0.3, 0.4) is 0 Å². The van der Waals surface area contributed by atoms with E-state index in [2.05, 4.69) is 5.32 Å². The number of nitrogens with one attached hydrogen (secondary N) is 1. The molecule has 94 valence electrons. The average Bonchev–Trinajstić information content (AvgIpc) is 2.54. The van der Waals surface area contributed by atoms with Gasteiger partial charge in [-0.1, -0.05) is 25.7 Å². The van der Waals surface area contributed by atoms with Crippen molar-refractivity contribution in [3.05, 3.63) is 23.2 Å². The van der Waals surface area contributed by atoms with Crippen LogP contribution in [0.25, 0.3) is 0 Å². The maximum atomic E-state index is 12.0. The predicted molar refractivity (Wildman–Crippen MR) is 67.1 cm³/mol. The Kier molecular flexibility index (Phi) is 3.87. The molecular formula is C14H21NO2. The fourth-order valence-electron chi connectivity index (χ4n) is 2.37. The van der Waals surface area contributed by atoms with Crippen molar-refractivity contribution in [3.8, 4) is 0 Å². The number of hydrogen-bond acceptors (Lipinski definition) is 2. The summed E-state index contributed by atoms with van der Waals surface area (Å²) in [4.78, 5) is 12.0. The summed E-state index contributed by atoms with van der Waals surface area (Å²) in [6.45, 7) is 3.85. The van der Waals surface area contributed by atoms with Gasteiger partial charge >= 0.3 is 0 Å². The molecule has 1 aliphatic carbocycles. The lowest BCUT2D eigenvalue weighted by Crippen LogP contribution is -2.34. The molecule has 0 radical (unpaired) electrons. The Morgan fingerprint density at radius 1 is 1.24 bits per heavy atom. The minimum atomic E-state index is -0.0619. The predicted octanol–water partition coefficient (Wildman–Crippen LogP) is 3.35. The number of carbonyl (C=O) groups excluding carboxylic acids is 1.